The fourth-order valence-corrected chi connectivity index (χ4v) is 2.07. The van der Waals surface area contributed by atoms with E-state index < -0.39 is 8.03 Å². The summed E-state index contributed by atoms with van der Waals surface area (Å²) in [5.41, 5.74) is 0. The first kappa shape index (κ1) is 16.5. The zero-order valence-electron chi connectivity index (χ0n) is 11.0. The minimum Gasteiger partial charge on any atom is -0.466 e. The summed E-state index contributed by atoms with van der Waals surface area (Å²) in [6.45, 7) is 9.39. The molecule has 100 valence electrons. The number of hydrogen-bond acceptors (Lipinski definition) is 5. The van der Waals surface area contributed by atoms with Crippen molar-refractivity contribution in [3.63, 3.8) is 0 Å². The summed E-state index contributed by atoms with van der Waals surface area (Å²) in [5.74, 6) is -0.316. The Morgan fingerprint density at radius 2 is 1.88 bits per heavy atom. The second-order valence-electron chi connectivity index (χ2n) is 3.47. The van der Waals surface area contributed by atoms with Gasteiger partial charge in [0.25, 0.3) is 0 Å². The highest BCUT2D eigenvalue weighted by Gasteiger charge is 2.20. The number of carbonyl (C=O) groups is 1. The van der Waals surface area contributed by atoms with Gasteiger partial charge < -0.3 is 9.64 Å². The van der Waals surface area contributed by atoms with Crippen LogP contribution in [0.5, 0.6) is 0 Å². The quantitative estimate of drug-likeness (QED) is 0.446. The van der Waals surface area contributed by atoms with Crippen molar-refractivity contribution in [1.82, 2.24) is 4.90 Å². The Hall–Kier alpha value is -0.510. The summed E-state index contributed by atoms with van der Waals surface area (Å²) in [6, 6.07) is 0. The highest BCUT2D eigenvalue weighted by molar-refractivity contribution is 7.39. The van der Waals surface area contributed by atoms with Crippen LogP contribution < -0.4 is 0 Å². The zero-order chi connectivity index (χ0) is 13.1. The van der Waals surface area contributed by atoms with Crippen LogP contribution in [0.1, 0.15) is 27.2 Å². The van der Waals surface area contributed by atoms with Gasteiger partial charge >= 0.3 is 14.0 Å². The van der Waals surface area contributed by atoms with E-state index >= 15 is 0 Å². The van der Waals surface area contributed by atoms with E-state index in [1.807, 2.05) is 0 Å². The molecular formula is C11H23NO4P+. The van der Waals surface area contributed by atoms with Gasteiger partial charge in [-0.05, 0) is 24.6 Å². The largest absolute Gasteiger partial charge is 0.508 e. The molecule has 17 heavy (non-hydrogen) atoms. The fourth-order valence-electron chi connectivity index (χ4n) is 1.29. The predicted octanol–water partition coefficient (Wildman–Crippen LogP) is 2.04. The molecule has 0 bridgehead atoms. The Bertz CT molecular complexity index is 232. The van der Waals surface area contributed by atoms with Gasteiger partial charge in [-0.1, -0.05) is 13.8 Å². The highest BCUT2D eigenvalue weighted by atomic mass is 31.1. The van der Waals surface area contributed by atoms with Crippen molar-refractivity contribution in [1.29, 1.82) is 0 Å². The molecule has 0 aliphatic carbocycles. The molecule has 0 saturated carbocycles. The lowest BCUT2D eigenvalue weighted by Gasteiger charge is -2.15. The average molecular weight is 264 g/mol. The third kappa shape index (κ3) is 9.22. The Balaban J connectivity index is 3.56. The number of nitrogens with zero attached hydrogens (tertiary/aromatic N) is 1. The molecule has 0 aliphatic heterocycles. The first-order valence-corrected chi connectivity index (χ1v) is 7.45. The Morgan fingerprint density at radius 3 is 2.41 bits per heavy atom. The van der Waals surface area contributed by atoms with Gasteiger partial charge in [0.05, 0.1) is 13.0 Å². The van der Waals surface area contributed by atoms with E-state index in [0.717, 1.165) is 19.6 Å². The number of ether oxygens (including phenoxy) is 1. The molecule has 0 aromatic carbocycles. The van der Waals surface area contributed by atoms with E-state index in [2.05, 4.69) is 18.7 Å². The molecule has 0 amide bonds. The van der Waals surface area contributed by atoms with Gasteiger partial charge in [-0.25, -0.2) is 0 Å². The van der Waals surface area contributed by atoms with Crippen LogP contribution in [0.3, 0.4) is 0 Å². The monoisotopic (exact) mass is 264 g/mol. The van der Waals surface area contributed by atoms with Gasteiger partial charge in [-0.15, -0.1) is 4.52 Å². The molecule has 1 unspecified atom stereocenters. The van der Waals surface area contributed by atoms with E-state index in [1.54, 1.807) is 6.92 Å². The van der Waals surface area contributed by atoms with Crippen molar-refractivity contribution in [2.45, 2.75) is 27.2 Å². The second kappa shape index (κ2) is 10.6. The minimum absolute atomic E-state index is 0.161. The van der Waals surface area contributed by atoms with Crippen molar-refractivity contribution in [2.24, 2.45) is 0 Å². The first-order valence-electron chi connectivity index (χ1n) is 6.09. The van der Waals surface area contributed by atoms with Crippen LogP contribution in [-0.4, -0.2) is 49.9 Å². The molecule has 0 aromatic rings. The number of esters is 1. The maximum Gasteiger partial charge on any atom is 0.508 e. The molecule has 0 fully saturated rings. The lowest BCUT2D eigenvalue weighted by molar-refractivity contribution is -0.142. The van der Waals surface area contributed by atoms with Gasteiger partial charge in [-0.3, -0.25) is 4.79 Å². The number of likely N-dealkylation sites (N-methyl/N-ethyl adjacent to an activating group) is 1. The number of rotatable bonds is 10. The molecule has 0 aliphatic rings. The van der Waals surface area contributed by atoms with Gasteiger partial charge in [-0.2, -0.15) is 0 Å². The van der Waals surface area contributed by atoms with E-state index in [4.69, 9.17) is 9.26 Å². The Kier molecular flexibility index (Phi) is 10.3. The van der Waals surface area contributed by atoms with Crippen molar-refractivity contribution in [2.75, 3.05) is 39.0 Å². The zero-order valence-corrected chi connectivity index (χ0v) is 11.9. The van der Waals surface area contributed by atoms with E-state index in [0.29, 0.717) is 13.2 Å². The van der Waals surface area contributed by atoms with Crippen molar-refractivity contribution in [3.05, 3.63) is 0 Å². The van der Waals surface area contributed by atoms with Crippen LogP contribution in [0.15, 0.2) is 0 Å². The third-order valence-electron chi connectivity index (χ3n) is 2.34. The van der Waals surface area contributed by atoms with Crippen LogP contribution in [0.2, 0.25) is 0 Å². The normalized spacial score (nSPS) is 11.6. The molecule has 0 spiro atoms. The third-order valence-corrected chi connectivity index (χ3v) is 3.40. The van der Waals surface area contributed by atoms with Crippen LogP contribution in [0.25, 0.3) is 0 Å². The SMILES string of the molecule is CCOC(=O)CC[P+](=O)OCCN(CC)CC. The average Bonchev–Trinajstić information content (AvgIpc) is 2.32. The summed E-state index contributed by atoms with van der Waals surface area (Å²) >= 11 is 0. The second-order valence-corrected chi connectivity index (χ2v) is 4.84. The lowest BCUT2D eigenvalue weighted by atomic mass is 10.5. The fraction of sp³-hybridized carbons (Fsp3) is 0.909. The van der Waals surface area contributed by atoms with Crippen LogP contribution in [-0.2, 0) is 18.6 Å². The molecule has 0 N–H and O–H groups in total. The van der Waals surface area contributed by atoms with Crippen LogP contribution in [0.4, 0.5) is 0 Å². The summed E-state index contributed by atoms with van der Waals surface area (Å²) in [7, 11) is -1.74. The van der Waals surface area contributed by atoms with E-state index in [1.165, 1.54) is 0 Å². The number of hydrogen-bond donors (Lipinski definition) is 0. The molecular weight excluding hydrogens is 241 g/mol. The van der Waals surface area contributed by atoms with Gasteiger partial charge in [0.15, 0.2) is 6.16 Å². The minimum atomic E-state index is -1.74. The molecule has 0 rings (SSSR count). The maximum atomic E-state index is 11.4. The van der Waals surface area contributed by atoms with Gasteiger partial charge in [0.2, 0.25) is 0 Å². The molecule has 1 atom stereocenters. The van der Waals surface area contributed by atoms with E-state index in [-0.39, 0.29) is 18.6 Å². The summed E-state index contributed by atoms with van der Waals surface area (Å²) in [6.07, 6.45) is 0.404. The first-order chi connectivity index (χ1) is 8.13. The molecule has 6 heteroatoms. The smallest absolute Gasteiger partial charge is 0.466 e. The van der Waals surface area contributed by atoms with Crippen molar-refractivity contribution < 1.29 is 18.6 Å². The van der Waals surface area contributed by atoms with E-state index in [9.17, 15) is 9.36 Å². The Labute approximate surface area is 104 Å². The van der Waals surface area contributed by atoms with Crippen molar-refractivity contribution in [3.8, 4) is 0 Å². The van der Waals surface area contributed by atoms with Crippen molar-refractivity contribution >= 4 is 14.0 Å². The van der Waals surface area contributed by atoms with Gasteiger partial charge in [0, 0.05) is 6.54 Å². The maximum absolute atomic E-state index is 11.4. The molecule has 5 nitrogen and oxygen atoms in total. The Morgan fingerprint density at radius 1 is 1.24 bits per heavy atom. The molecule has 0 radical (unpaired) electrons. The predicted molar refractivity (Wildman–Crippen MR) is 67.5 cm³/mol. The molecule has 0 aromatic heterocycles. The highest BCUT2D eigenvalue weighted by Crippen LogP contribution is 2.22. The topological polar surface area (TPSA) is 55.8 Å². The molecule has 0 saturated heterocycles. The summed E-state index contributed by atoms with van der Waals surface area (Å²) in [4.78, 5) is 13.2. The van der Waals surface area contributed by atoms with Crippen LogP contribution in [0, 0.1) is 0 Å². The molecule has 0 heterocycles. The lowest BCUT2D eigenvalue weighted by Crippen LogP contribution is -2.26. The number of carbonyl (C=O) groups excluding carboxylic acids is 1. The standard InChI is InChI=1S/C11H23NO4P/c1-4-12(5-2)8-9-16-17(14)10-7-11(13)15-6-3/h4-10H2,1-3H3/q+1. The summed E-state index contributed by atoms with van der Waals surface area (Å²) in [5, 5.41) is 0. The van der Waals surface area contributed by atoms with Crippen LogP contribution >= 0.6 is 8.03 Å². The summed E-state index contributed by atoms with van der Waals surface area (Å²) < 4.78 is 21.3. The van der Waals surface area contributed by atoms with Gasteiger partial charge in [0.1, 0.15) is 6.61 Å².